The highest BCUT2D eigenvalue weighted by Gasteiger charge is 2.64. The minimum Gasteiger partial charge on any atom is -0.390 e. The van der Waals surface area contributed by atoms with E-state index in [1.54, 1.807) is 0 Å². The summed E-state index contributed by atoms with van der Waals surface area (Å²) < 4.78 is 0. The summed E-state index contributed by atoms with van der Waals surface area (Å²) in [7, 11) is 0. The lowest BCUT2D eigenvalue weighted by molar-refractivity contribution is -0.204. The van der Waals surface area contributed by atoms with E-state index in [2.05, 4.69) is 19.2 Å². The van der Waals surface area contributed by atoms with Crippen LogP contribution in [0.3, 0.4) is 0 Å². The molecule has 0 heterocycles. The zero-order chi connectivity index (χ0) is 12.4. The molecule has 2 atom stereocenters. The van der Waals surface area contributed by atoms with Crippen molar-refractivity contribution in [2.75, 3.05) is 6.54 Å². The second-order valence-electron chi connectivity index (χ2n) is 7.73. The number of aldehydes is 1. The minimum atomic E-state index is -0.492. The predicted molar refractivity (Wildman–Crippen MR) is 65.7 cm³/mol. The molecule has 4 aliphatic rings. The topological polar surface area (TPSA) is 49.3 Å². The maximum atomic E-state index is 10.8. The first-order valence-corrected chi connectivity index (χ1v) is 6.71. The van der Waals surface area contributed by atoms with Crippen LogP contribution in [0.5, 0.6) is 0 Å². The molecule has 4 bridgehead atoms. The normalized spacial score (nSPS) is 56.2. The molecule has 96 valence electrons. The zero-order valence-electron chi connectivity index (χ0n) is 10.9. The van der Waals surface area contributed by atoms with Crippen LogP contribution < -0.4 is 5.32 Å². The molecule has 0 amide bonds. The van der Waals surface area contributed by atoms with Crippen molar-refractivity contribution in [3.8, 4) is 0 Å². The number of aliphatic hydroxyl groups is 1. The molecule has 4 saturated carbocycles. The Morgan fingerprint density at radius 2 is 1.65 bits per heavy atom. The van der Waals surface area contributed by atoms with Crippen molar-refractivity contribution < 1.29 is 9.90 Å². The predicted octanol–water partition coefficient (Wildman–Crippen LogP) is 1.64. The monoisotopic (exact) mass is 237 g/mol. The van der Waals surface area contributed by atoms with Crippen LogP contribution in [0.4, 0.5) is 0 Å². The van der Waals surface area contributed by atoms with Gasteiger partial charge in [0.25, 0.3) is 0 Å². The minimum absolute atomic E-state index is 0.00785. The number of hydrogen-bond acceptors (Lipinski definition) is 3. The Labute approximate surface area is 103 Å². The Bertz CT molecular complexity index is 312. The molecule has 2 unspecified atom stereocenters. The number of carbonyl (C=O) groups is 1. The SMILES string of the molecule is CC12CC3(C)CC(O)(C1)CC(NCC=O)(C2)C3. The van der Waals surface area contributed by atoms with E-state index >= 15 is 0 Å². The molecule has 0 saturated heterocycles. The van der Waals surface area contributed by atoms with Gasteiger partial charge in [0, 0.05) is 5.54 Å². The summed E-state index contributed by atoms with van der Waals surface area (Å²) >= 11 is 0. The fourth-order valence-electron chi connectivity index (χ4n) is 6.08. The molecule has 0 aliphatic heterocycles. The molecule has 0 aromatic rings. The van der Waals surface area contributed by atoms with Gasteiger partial charge >= 0.3 is 0 Å². The first kappa shape index (κ1) is 11.7. The van der Waals surface area contributed by atoms with Crippen LogP contribution in [-0.2, 0) is 4.79 Å². The maximum absolute atomic E-state index is 10.8. The van der Waals surface area contributed by atoms with E-state index < -0.39 is 5.60 Å². The third-order valence-corrected chi connectivity index (χ3v) is 5.12. The van der Waals surface area contributed by atoms with Gasteiger partial charge in [-0.25, -0.2) is 0 Å². The van der Waals surface area contributed by atoms with Gasteiger partial charge in [0.1, 0.15) is 6.29 Å². The van der Waals surface area contributed by atoms with Crippen molar-refractivity contribution in [1.82, 2.24) is 5.32 Å². The average Bonchev–Trinajstić information content (AvgIpc) is 2.06. The highest BCUT2D eigenvalue weighted by molar-refractivity contribution is 5.52. The van der Waals surface area contributed by atoms with Crippen LogP contribution in [0.15, 0.2) is 0 Å². The lowest BCUT2D eigenvalue weighted by atomic mass is 9.41. The first-order valence-electron chi connectivity index (χ1n) is 6.71. The van der Waals surface area contributed by atoms with E-state index in [0.29, 0.717) is 6.54 Å². The van der Waals surface area contributed by atoms with Gasteiger partial charge in [-0.2, -0.15) is 0 Å². The van der Waals surface area contributed by atoms with Crippen LogP contribution in [0.25, 0.3) is 0 Å². The van der Waals surface area contributed by atoms with Crippen molar-refractivity contribution in [2.24, 2.45) is 10.8 Å². The van der Waals surface area contributed by atoms with E-state index in [-0.39, 0.29) is 16.4 Å². The Hall–Kier alpha value is -0.410. The van der Waals surface area contributed by atoms with E-state index in [1.165, 1.54) is 6.42 Å². The molecule has 4 aliphatic carbocycles. The van der Waals surface area contributed by atoms with Gasteiger partial charge in [-0.1, -0.05) is 13.8 Å². The van der Waals surface area contributed by atoms with E-state index in [1.807, 2.05) is 0 Å². The molecule has 2 N–H and O–H groups in total. The molecule has 0 aromatic heterocycles. The largest absolute Gasteiger partial charge is 0.390 e. The lowest BCUT2D eigenvalue weighted by Gasteiger charge is -2.68. The van der Waals surface area contributed by atoms with Crippen molar-refractivity contribution in [2.45, 2.75) is 63.5 Å². The summed E-state index contributed by atoms with van der Waals surface area (Å²) in [6.45, 7) is 5.04. The molecule has 3 nitrogen and oxygen atoms in total. The van der Waals surface area contributed by atoms with Crippen molar-refractivity contribution >= 4 is 6.29 Å². The molecule has 4 fully saturated rings. The molecule has 4 rings (SSSR count). The van der Waals surface area contributed by atoms with Gasteiger partial charge in [0.2, 0.25) is 0 Å². The Kier molecular flexibility index (Phi) is 2.14. The van der Waals surface area contributed by atoms with E-state index in [0.717, 1.165) is 38.4 Å². The first-order chi connectivity index (χ1) is 7.80. The molecule has 0 spiro atoms. The molecule has 0 radical (unpaired) electrons. The summed E-state index contributed by atoms with van der Waals surface area (Å²) in [6.07, 6.45) is 7.12. The van der Waals surface area contributed by atoms with Crippen LogP contribution in [0.1, 0.15) is 52.4 Å². The number of rotatable bonds is 3. The number of hydrogen-bond donors (Lipinski definition) is 2. The highest BCUT2D eigenvalue weighted by Crippen LogP contribution is 2.67. The van der Waals surface area contributed by atoms with Gasteiger partial charge in [-0.3, -0.25) is 0 Å². The quantitative estimate of drug-likeness (QED) is 0.734. The maximum Gasteiger partial charge on any atom is 0.133 e. The van der Waals surface area contributed by atoms with Gasteiger partial charge in [0.15, 0.2) is 0 Å². The van der Waals surface area contributed by atoms with Crippen molar-refractivity contribution in [1.29, 1.82) is 0 Å². The zero-order valence-corrected chi connectivity index (χ0v) is 10.9. The van der Waals surface area contributed by atoms with Crippen LogP contribution in [-0.4, -0.2) is 29.1 Å². The summed E-state index contributed by atoms with van der Waals surface area (Å²) in [5.74, 6) is 0. The Morgan fingerprint density at radius 3 is 2.12 bits per heavy atom. The third kappa shape index (κ3) is 1.75. The van der Waals surface area contributed by atoms with E-state index in [4.69, 9.17) is 0 Å². The molecule has 3 heteroatoms. The standard InChI is InChI=1S/C14H23NO2/c1-11-5-12(2)7-13(6-11,15-3-4-16)10-14(17,8-11)9-12/h4,15,17H,3,5-10H2,1-2H3. The fraction of sp³-hybridized carbons (Fsp3) is 0.929. The van der Waals surface area contributed by atoms with Crippen molar-refractivity contribution in [3.05, 3.63) is 0 Å². The van der Waals surface area contributed by atoms with Gasteiger partial charge in [-0.15, -0.1) is 0 Å². The van der Waals surface area contributed by atoms with E-state index in [9.17, 15) is 9.90 Å². The average molecular weight is 237 g/mol. The summed E-state index contributed by atoms with van der Waals surface area (Å²) in [5.41, 5.74) is 0.0321. The number of nitrogens with one attached hydrogen (secondary N) is 1. The molecular weight excluding hydrogens is 214 g/mol. The second kappa shape index (κ2) is 3.12. The summed E-state index contributed by atoms with van der Waals surface area (Å²) in [5, 5.41) is 14.2. The fourth-order valence-corrected chi connectivity index (χ4v) is 6.08. The Balaban J connectivity index is 1.95. The Morgan fingerprint density at radius 1 is 1.06 bits per heavy atom. The number of carbonyl (C=O) groups excluding carboxylic acids is 1. The van der Waals surface area contributed by atoms with Gasteiger partial charge < -0.3 is 15.2 Å². The lowest BCUT2D eigenvalue weighted by Crippen LogP contribution is -2.69. The molecule has 17 heavy (non-hydrogen) atoms. The van der Waals surface area contributed by atoms with Gasteiger partial charge in [0.05, 0.1) is 12.1 Å². The highest BCUT2D eigenvalue weighted by atomic mass is 16.3. The second-order valence-corrected chi connectivity index (χ2v) is 7.73. The summed E-state index contributed by atoms with van der Waals surface area (Å²) in [4.78, 5) is 10.6. The van der Waals surface area contributed by atoms with Gasteiger partial charge in [-0.05, 0) is 49.4 Å². The third-order valence-electron chi connectivity index (χ3n) is 5.12. The smallest absolute Gasteiger partial charge is 0.133 e. The van der Waals surface area contributed by atoms with Crippen molar-refractivity contribution in [3.63, 3.8) is 0 Å². The molecular formula is C14H23NO2. The van der Waals surface area contributed by atoms with Crippen LogP contribution in [0, 0.1) is 10.8 Å². The van der Waals surface area contributed by atoms with Crippen LogP contribution in [0.2, 0.25) is 0 Å². The molecule has 0 aromatic carbocycles. The van der Waals surface area contributed by atoms with Crippen LogP contribution >= 0.6 is 0 Å². The summed E-state index contributed by atoms with van der Waals surface area (Å²) in [6, 6.07) is 0.